The van der Waals surface area contributed by atoms with Gasteiger partial charge in [0.15, 0.2) is 0 Å². The molecule has 0 spiro atoms. The van der Waals surface area contributed by atoms with E-state index in [1.165, 1.54) is 30.5 Å². The SMILES string of the molecule is CCCN(Cc1nnc(Cc2ccccc2)o1)C1CCCN(Cc2ccccc2)C1. The second-order valence-electron chi connectivity index (χ2n) is 8.24. The summed E-state index contributed by atoms with van der Waals surface area (Å²) in [6, 6.07) is 21.6. The van der Waals surface area contributed by atoms with Gasteiger partial charge in [-0.05, 0) is 43.5 Å². The molecule has 1 unspecified atom stereocenters. The van der Waals surface area contributed by atoms with Gasteiger partial charge >= 0.3 is 0 Å². The predicted octanol–water partition coefficient (Wildman–Crippen LogP) is 4.54. The zero-order chi connectivity index (χ0) is 20.6. The van der Waals surface area contributed by atoms with E-state index < -0.39 is 0 Å². The second-order valence-corrected chi connectivity index (χ2v) is 8.24. The van der Waals surface area contributed by atoms with E-state index in [-0.39, 0.29) is 0 Å². The first-order valence-electron chi connectivity index (χ1n) is 11.2. The van der Waals surface area contributed by atoms with Crippen LogP contribution in [0.15, 0.2) is 65.1 Å². The molecule has 0 N–H and O–H groups in total. The zero-order valence-electron chi connectivity index (χ0n) is 17.9. The lowest BCUT2D eigenvalue weighted by atomic mass is 10.0. The summed E-state index contributed by atoms with van der Waals surface area (Å²) in [6.07, 6.45) is 4.28. The molecule has 1 aliphatic rings. The molecule has 5 nitrogen and oxygen atoms in total. The van der Waals surface area contributed by atoms with Crippen molar-refractivity contribution in [1.82, 2.24) is 20.0 Å². The summed E-state index contributed by atoms with van der Waals surface area (Å²) in [7, 11) is 0. The van der Waals surface area contributed by atoms with Crippen LogP contribution in [0.3, 0.4) is 0 Å². The van der Waals surface area contributed by atoms with Crippen molar-refractivity contribution in [3.05, 3.63) is 83.6 Å². The lowest BCUT2D eigenvalue weighted by Crippen LogP contribution is -2.47. The quantitative estimate of drug-likeness (QED) is 0.524. The van der Waals surface area contributed by atoms with Crippen molar-refractivity contribution in [2.75, 3.05) is 19.6 Å². The highest BCUT2D eigenvalue weighted by molar-refractivity contribution is 5.18. The number of benzene rings is 2. The van der Waals surface area contributed by atoms with Crippen LogP contribution in [0, 0.1) is 0 Å². The first-order chi connectivity index (χ1) is 14.8. The predicted molar refractivity (Wildman–Crippen MR) is 119 cm³/mol. The van der Waals surface area contributed by atoms with E-state index >= 15 is 0 Å². The van der Waals surface area contributed by atoms with E-state index in [0.717, 1.165) is 38.5 Å². The molecule has 1 fully saturated rings. The molecule has 30 heavy (non-hydrogen) atoms. The van der Waals surface area contributed by atoms with Crippen LogP contribution in [0.2, 0.25) is 0 Å². The Hall–Kier alpha value is -2.50. The lowest BCUT2D eigenvalue weighted by molar-refractivity contribution is 0.0811. The Morgan fingerprint density at radius 2 is 1.67 bits per heavy atom. The number of hydrogen-bond donors (Lipinski definition) is 0. The number of likely N-dealkylation sites (tertiary alicyclic amines) is 1. The van der Waals surface area contributed by atoms with Gasteiger partial charge in [0.2, 0.25) is 11.8 Å². The van der Waals surface area contributed by atoms with Crippen LogP contribution >= 0.6 is 0 Å². The van der Waals surface area contributed by atoms with Gasteiger partial charge in [0.25, 0.3) is 0 Å². The van der Waals surface area contributed by atoms with Gasteiger partial charge in [-0.3, -0.25) is 9.80 Å². The van der Waals surface area contributed by atoms with Crippen molar-refractivity contribution in [3.8, 4) is 0 Å². The van der Waals surface area contributed by atoms with Crippen LogP contribution in [0.4, 0.5) is 0 Å². The van der Waals surface area contributed by atoms with E-state index in [9.17, 15) is 0 Å². The van der Waals surface area contributed by atoms with Gasteiger partial charge in [-0.15, -0.1) is 10.2 Å². The summed E-state index contributed by atoms with van der Waals surface area (Å²) >= 11 is 0. The standard InChI is InChI=1S/C25H32N4O/c1-2-15-29(20-25-27-26-24(30-25)17-21-10-5-3-6-11-21)23-14-9-16-28(19-23)18-22-12-7-4-8-13-22/h3-8,10-13,23H,2,9,14-20H2,1H3. The van der Waals surface area contributed by atoms with E-state index in [4.69, 9.17) is 4.42 Å². The molecule has 158 valence electrons. The average Bonchev–Trinajstić information content (AvgIpc) is 3.22. The fraction of sp³-hybridized carbons (Fsp3) is 0.440. The molecule has 0 amide bonds. The Bertz CT molecular complexity index is 880. The summed E-state index contributed by atoms with van der Waals surface area (Å²) in [4.78, 5) is 5.12. The molecule has 4 rings (SSSR count). The Balaban J connectivity index is 1.37. The number of hydrogen-bond acceptors (Lipinski definition) is 5. The summed E-state index contributed by atoms with van der Waals surface area (Å²) < 4.78 is 6.00. The van der Waals surface area contributed by atoms with Crippen molar-refractivity contribution in [2.45, 2.75) is 51.7 Å². The van der Waals surface area contributed by atoms with Gasteiger partial charge in [0, 0.05) is 19.1 Å². The molecule has 0 radical (unpaired) electrons. The van der Waals surface area contributed by atoms with Crippen molar-refractivity contribution < 1.29 is 4.42 Å². The summed E-state index contributed by atoms with van der Waals surface area (Å²) in [6.45, 7) is 7.33. The molecule has 5 heteroatoms. The maximum atomic E-state index is 6.00. The number of piperidine rings is 1. The van der Waals surface area contributed by atoms with E-state index in [2.05, 4.69) is 69.4 Å². The molecule has 1 saturated heterocycles. The minimum Gasteiger partial charge on any atom is -0.424 e. The van der Waals surface area contributed by atoms with Crippen LogP contribution < -0.4 is 0 Å². The minimum absolute atomic E-state index is 0.534. The normalized spacial score (nSPS) is 17.5. The first kappa shape index (κ1) is 20.8. The molecule has 3 aromatic rings. The number of nitrogens with zero attached hydrogens (tertiary/aromatic N) is 4. The van der Waals surface area contributed by atoms with E-state index in [1.54, 1.807) is 0 Å². The average molecular weight is 405 g/mol. The molecule has 0 bridgehead atoms. The highest BCUT2D eigenvalue weighted by Gasteiger charge is 2.26. The largest absolute Gasteiger partial charge is 0.424 e. The molecule has 1 aromatic heterocycles. The van der Waals surface area contributed by atoms with Gasteiger partial charge in [0.05, 0.1) is 13.0 Å². The lowest BCUT2D eigenvalue weighted by Gasteiger charge is -2.39. The molecular weight excluding hydrogens is 372 g/mol. The van der Waals surface area contributed by atoms with Gasteiger partial charge < -0.3 is 4.42 Å². The maximum absolute atomic E-state index is 6.00. The van der Waals surface area contributed by atoms with Crippen LogP contribution in [-0.4, -0.2) is 45.7 Å². The fourth-order valence-corrected chi connectivity index (χ4v) is 4.36. The highest BCUT2D eigenvalue weighted by Crippen LogP contribution is 2.20. The number of aromatic nitrogens is 2. The summed E-state index contributed by atoms with van der Waals surface area (Å²) in [5, 5.41) is 8.63. The second kappa shape index (κ2) is 10.5. The number of rotatable bonds is 9. The summed E-state index contributed by atoms with van der Waals surface area (Å²) in [5.74, 6) is 1.43. The van der Waals surface area contributed by atoms with Crippen LogP contribution in [0.25, 0.3) is 0 Å². The van der Waals surface area contributed by atoms with Gasteiger partial charge in [0.1, 0.15) is 0 Å². The Labute approximate surface area is 179 Å². The monoisotopic (exact) mass is 404 g/mol. The molecule has 0 aliphatic carbocycles. The molecular formula is C25H32N4O. The van der Waals surface area contributed by atoms with E-state index in [1.807, 2.05) is 18.2 Å². The Kier molecular flexibility index (Phi) is 7.27. The van der Waals surface area contributed by atoms with Gasteiger partial charge in [-0.25, -0.2) is 0 Å². The maximum Gasteiger partial charge on any atom is 0.230 e. The minimum atomic E-state index is 0.534. The van der Waals surface area contributed by atoms with Crippen molar-refractivity contribution >= 4 is 0 Å². The third-order valence-corrected chi connectivity index (χ3v) is 5.80. The topological polar surface area (TPSA) is 45.4 Å². The Morgan fingerprint density at radius 1 is 0.967 bits per heavy atom. The fourth-order valence-electron chi connectivity index (χ4n) is 4.36. The third kappa shape index (κ3) is 5.77. The van der Waals surface area contributed by atoms with E-state index in [0.29, 0.717) is 18.4 Å². The van der Waals surface area contributed by atoms with Crippen molar-refractivity contribution in [3.63, 3.8) is 0 Å². The van der Waals surface area contributed by atoms with Crippen LogP contribution in [0.5, 0.6) is 0 Å². The molecule has 1 atom stereocenters. The van der Waals surface area contributed by atoms with Gasteiger partial charge in [-0.1, -0.05) is 67.6 Å². The van der Waals surface area contributed by atoms with Crippen molar-refractivity contribution in [1.29, 1.82) is 0 Å². The van der Waals surface area contributed by atoms with Crippen LogP contribution in [-0.2, 0) is 19.5 Å². The Morgan fingerprint density at radius 3 is 2.40 bits per heavy atom. The van der Waals surface area contributed by atoms with Gasteiger partial charge in [-0.2, -0.15) is 0 Å². The molecule has 1 aliphatic heterocycles. The zero-order valence-corrected chi connectivity index (χ0v) is 17.9. The highest BCUT2D eigenvalue weighted by atomic mass is 16.4. The molecule has 2 aromatic carbocycles. The molecule has 0 saturated carbocycles. The smallest absolute Gasteiger partial charge is 0.230 e. The third-order valence-electron chi connectivity index (χ3n) is 5.80. The van der Waals surface area contributed by atoms with Crippen molar-refractivity contribution in [2.24, 2.45) is 0 Å². The first-order valence-corrected chi connectivity index (χ1v) is 11.2. The molecule has 2 heterocycles. The summed E-state index contributed by atoms with van der Waals surface area (Å²) in [5.41, 5.74) is 2.59. The van der Waals surface area contributed by atoms with Crippen LogP contribution in [0.1, 0.15) is 49.1 Å².